The van der Waals surface area contributed by atoms with Crippen molar-refractivity contribution in [3.8, 4) is 0 Å². The second kappa shape index (κ2) is 5.54. The number of carbonyl (C=O) groups is 2. The van der Waals surface area contributed by atoms with E-state index < -0.39 is 4.75 Å². The van der Waals surface area contributed by atoms with Crippen molar-refractivity contribution in [3.63, 3.8) is 0 Å². The lowest BCUT2D eigenvalue weighted by molar-refractivity contribution is -0.130. The third-order valence-electron chi connectivity index (χ3n) is 3.32. The van der Waals surface area contributed by atoms with E-state index in [2.05, 4.69) is 10.6 Å². The first-order valence-corrected chi connectivity index (χ1v) is 8.19. The Balaban J connectivity index is 1.77. The zero-order valence-corrected chi connectivity index (χ0v) is 13.0. The van der Waals surface area contributed by atoms with Crippen molar-refractivity contribution in [2.24, 2.45) is 0 Å². The van der Waals surface area contributed by atoms with E-state index >= 15 is 0 Å². The lowest BCUT2D eigenvalue weighted by Crippen LogP contribution is -2.51. The predicted molar refractivity (Wildman–Crippen MR) is 85.5 cm³/mol. The molecule has 108 valence electrons. The van der Waals surface area contributed by atoms with E-state index in [4.69, 9.17) is 0 Å². The molecule has 2 heterocycles. The molecule has 2 N–H and O–H groups in total. The Hall–Kier alpha value is -1.79. The number of rotatable bonds is 3. The third kappa shape index (κ3) is 2.69. The minimum absolute atomic E-state index is 0.270. The van der Waals surface area contributed by atoms with Gasteiger partial charge in [0.25, 0.3) is 0 Å². The molecule has 0 saturated carbocycles. The van der Waals surface area contributed by atoms with Crippen LogP contribution in [-0.2, 0) is 16.1 Å². The number of carbonyl (C=O) groups excluding carboxylic acids is 2. The lowest BCUT2D eigenvalue weighted by Gasteiger charge is -2.31. The first-order chi connectivity index (χ1) is 10.1. The molecule has 2 amide bonds. The normalized spacial score (nSPS) is 20.5. The summed E-state index contributed by atoms with van der Waals surface area (Å²) in [5.41, 5.74) is 0.760. The molecular formula is C15H14N2O2S2. The molecule has 1 atom stereocenters. The van der Waals surface area contributed by atoms with Crippen LogP contribution in [0.15, 0.2) is 46.7 Å². The van der Waals surface area contributed by atoms with Crippen LogP contribution in [-0.4, -0.2) is 16.6 Å². The van der Waals surface area contributed by atoms with Crippen LogP contribution in [0.2, 0.25) is 0 Å². The Bertz CT molecular complexity index is 685. The van der Waals surface area contributed by atoms with Gasteiger partial charge in [-0.05, 0) is 30.5 Å². The van der Waals surface area contributed by atoms with Crippen molar-refractivity contribution in [2.75, 3.05) is 5.32 Å². The quantitative estimate of drug-likeness (QED) is 0.856. The molecule has 0 fully saturated rings. The highest BCUT2D eigenvalue weighted by atomic mass is 32.2. The molecule has 2 aromatic rings. The molecule has 0 spiro atoms. The largest absolute Gasteiger partial charge is 0.350 e. The summed E-state index contributed by atoms with van der Waals surface area (Å²) < 4.78 is -1.15. The Morgan fingerprint density at radius 2 is 2.10 bits per heavy atom. The summed E-state index contributed by atoms with van der Waals surface area (Å²) in [7, 11) is 0. The minimum Gasteiger partial charge on any atom is -0.350 e. The number of hydrogen-bond donors (Lipinski definition) is 2. The number of para-hydroxylation sites is 1. The van der Waals surface area contributed by atoms with E-state index in [-0.39, 0.29) is 11.8 Å². The molecule has 0 unspecified atom stereocenters. The number of nitrogens with one attached hydrogen (secondary N) is 2. The van der Waals surface area contributed by atoms with Gasteiger partial charge in [0, 0.05) is 9.77 Å². The van der Waals surface area contributed by atoms with Gasteiger partial charge >= 0.3 is 0 Å². The summed E-state index contributed by atoms with van der Waals surface area (Å²) in [6, 6.07) is 11.4. The van der Waals surface area contributed by atoms with Gasteiger partial charge in [-0.3, -0.25) is 9.59 Å². The topological polar surface area (TPSA) is 58.2 Å². The number of anilines is 1. The Morgan fingerprint density at radius 1 is 1.29 bits per heavy atom. The smallest absolute Gasteiger partial charge is 0.250 e. The van der Waals surface area contributed by atoms with Crippen LogP contribution in [0, 0.1) is 0 Å². The molecule has 0 radical (unpaired) electrons. The summed E-state index contributed by atoms with van der Waals surface area (Å²) >= 11 is 2.87. The average Bonchev–Trinajstić information content (AvgIpc) is 2.99. The van der Waals surface area contributed by atoms with Gasteiger partial charge in [-0.15, -0.1) is 11.3 Å². The first-order valence-electron chi connectivity index (χ1n) is 6.50. The zero-order chi connectivity index (χ0) is 14.9. The summed E-state index contributed by atoms with van der Waals surface area (Å²) in [4.78, 5) is 26.7. The molecular weight excluding hydrogens is 304 g/mol. The van der Waals surface area contributed by atoms with Gasteiger partial charge in [-0.25, -0.2) is 0 Å². The maximum Gasteiger partial charge on any atom is 0.250 e. The van der Waals surface area contributed by atoms with Crippen molar-refractivity contribution in [3.05, 3.63) is 46.7 Å². The van der Waals surface area contributed by atoms with Crippen molar-refractivity contribution < 1.29 is 9.59 Å². The van der Waals surface area contributed by atoms with Crippen LogP contribution in [0.25, 0.3) is 0 Å². The molecule has 21 heavy (non-hydrogen) atoms. The molecule has 3 rings (SSSR count). The van der Waals surface area contributed by atoms with Crippen LogP contribution in [0.4, 0.5) is 5.69 Å². The van der Waals surface area contributed by atoms with E-state index in [0.29, 0.717) is 6.54 Å². The fourth-order valence-electron chi connectivity index (χ4n) is 2.07. The van der Waals surface area contributed by atoms with Crippen molar-refractivity contribution >= 4 is 40.6 Å². The minimum atomic E-state index is -1.15. The number of thiophene rings is 1. The maximum atomic E-state index is 12.4. The monoisotopic (exact) mass is 318 g/mol. The lowest BCUT2D eigenvalue weighted by atomic mass is 10.1. The molecule has 1 aromatic heterocycles. The van der Waals surface area contributed by atoms with Gasteiger partial charge in [0.2, 0.25) is 11.8 Å². The molecule has 4 nitrogen and oxygen atoms in total. The van der Waals surface area contributed by atoms with Gasteiger partial charge in [0.1, 0.15) is 0 Å². The van der Waals surface area contributed by atoms with Gasteiger partial charge < -0.3 is 10.6 Å². The van der Waals surface area contributed by atoms with Crippen LogP contribution in [0.1, 0.15) is 11.8 Å². The number of thioether (sulfide) groups is 1. The van der Waals surface area contributed by atoms with Crippen LogP contribution < -0.4 is 10.6 Å². The SMILES string of the molecule is C[C@]1(C(=O)NCc2cccs2)Sc2ccccc2NC1=O. The average molecular weight is 318 g/mol. The predicted octanol–water partition coefficient (Wildman–Crippen LogP) is 2.87. The highest BCUT2D eigenvalue weighted by Crippen LogP contribution is 2.42. The summed E-state index contributed by atoms with van der Waals surface area (Å²) in [6.45, 7) is 2.11. The number of amides is 2. The highest BCUT2D eigenvalue weighted by molar-refractivity contribution is 8.02. The molecule has 0 saturated heterocycles. The molecule has 0 aliphatic carbocycles. The van der Waals surface area contributed by atoms with E-state index in [1.807, 2.05) is 41.8 Å². The fraction of sp³-hybridized carbons (Fsp3) is 0.200. The second-order valence-corrected chi connectivity index (χ2v) is 7.34. The molecule has 6 heteroatoms. The number of fused-ring (bicyclic) bond motifs is 1. The summed E-state index contributed by atoms with van der Waals surface area (Å²) in [5, 5.41) is 7.61. The van der Waals surface area contributed by atoms with E-state index in [1.54, 1.807) is 18.3 Å². The van der Waals surface area contributed by atoms with Crippen LogP contribution >= 0.6 is 23.1 Å². The van der Waals surface area contributed by atoms with Gasteiger partial charge in [-0.1, -0.05) is 30.0 Å². The standard InChI is InChI=1S/C15H14N2O2S2/c1-15(13(18)16-9-10-5-4-8-20-10)14(19)17-11-6-2-3-7-12(11)21-15/h2-8H,9H2,1H3,(H,16,18)(H,17,19)/t15-/m1/s1. The van der Waals surface area contributed by atoms with Crippen LogP contribution in [0.3, 0.4) is 0 Å². The molecule has 1 aliphatic rings. The van der Waals surface area contributed by atoms with Crippen molar-refractivity contribution in [2.45, 2.75) is 23.1 Å². The van der Waals surface area contributed by atoms with Crippen molar-refractivity contribution in [1.82, 2.24) is 5.32 Å². The molecule has 1 aromatic carbocycles. The van der Waals surface area contributed by atoms with Gasteiger partial charge in [-0.2, -0.15) is 0 Å². The molecule has 1 aliphatic heterocycles. The number of hydrogen-bond acceptors (Lipinski definition) is 4. The van der Waals surface area contributed by atoms with Crippen molar-refractivity contribution in [1.29, 1.82) is 0 Å². The summed E-state index contributed by atoms with van der Waals surface area (Å²) in [6.07, 6.45) is 0. The van der Waals surface area contributed by atoms with E-state index in [1.165, 1.54) is 11.8 Å². The summed E-state index contributed by atoms with van der Waals surface area (Å²) in [5.74, 6) is -0.553. The highest BCUT2D eigenvalue weighted by Gasteiger charge is 2.45. The van der Waals surface area contributed by atoms with Gasteiger partial charge in [0.05, 0.1) is 12.2 Å². The Morgan fingerprint density at radius 3 is 2.86 bits per heavy atom. The Kier molecular flexibility index (Phi) is 3.73. The van der Waals surface area contributed by atoms with Gasteiger partial charge in [0.15, 0.2) is 4.75 Å². The van der Waals surface area contributed by atoms with Crippen LogP contribution in [0.5, 0.6) is 0 Å². The molecule has 0 bridgehead atoms. The third-order valence-corrected chi connectivity index (χ3v) is 5.55. The first kappa shape index (κ1) is 14.2. The maximum absolute atomic E-state index is 12.4. The zero-order valence-electron chi connectivity index (χ0n) is 11.4. The fourth-order valence-corrected chi connectivity index (χ4v) is 3.83. The van der Waals surface area contributed by atoms with E-state index in [0.717, 1.165) is 15.5 Å². The Labute approximate surface area is 130 Å². The number of benzene rings is 1. The van der Waals surface area contributed by atoms with E-state index in [9.17, 15) is 9.59 Å². The second-order valence-electron chi connectivity index (χ2n) is 4.85.